The van der Waals surface area contributed by atoms with Crippen molar-refractivity contribution in [3.8, 4) is 11.5 Å². The highest BCUT2D eigenvalue weighted by Gasteiger charge is 2.20. The lowest BCUT2D eigenvalue weighted by atomic mass is 10.1. The van der Waals surface area contributed by atoms with Gasteiger partial charge in [0.2, 0.25) is 0 Å². The van der Waals surface area contributed by atoms with E-state index in [-0.39, 0.29) is 16.5 Å². The summed E-state index contributed by atoms with van der Waals surface area (Å²) >= 11 is 0. The first-order valence-electron chi connectivity index (χ1n) is 8.81. The summed E-state index contributed by atoms with van der Waals surface area (Å²) in [6, 6.07) is 9.25. The Hall–Kier alpha value is -2.74. The molecule has 0 bridgehead atoms. The molecule has 2 N–H and O–H groups in total. The molecular weight excluding hydrogens is 380 g/mol. The Labute approximate surface area is 166 Å². The number of sulfonamides is 1. The van der Waals surface area contributed by atoms with Crippen molar-refractivity contribution in [2.75, 3.05) is 25.5 Å². The van der Waals surface area contributed by atoms with Gasteiger partial charge in [-0.1, -0.05) is 19.9 Å². The van der Waals surface area contributed by atoms with Gasteiger partial charge in [0.25, 0.3) is 15.9 Å². The molecule has 7 nitrogen and oxygen atoms in total. The van der Waals surface area contributed by atoms with Crippen molar-refractivity contribution in [2.24, 2.45) is 5.92 Å². The highest BCUT2D eigenvalue weighted by Crippen LogP contribution is 2.31. The van der Waals surface area contributed by atoms with Gasteiger partial charge in [0, 0.05) is 18.2 Å². The molecular formula is C20H26N2O5S. The number of carbonyl (C=O) groups excluding carboxylic acids is 1. The second-order valence-electron chi connectivity index (χ2n) is 6.75. The number of rotatable bonds is 8. The van der Waals surface area contributed by atoms with Crippen LogP contribution in [-0.2, 0) is 10.0 Å². The molecule has 1 amide bonds. The van der Waals surface area contributed by atoms with Crippen molar-refractivity contribution in [1.29, 1.82) is 0 Å². The van der Waals surface area contributed by atoms with Crippen LogP contribution in [0.4, 0.5) is 5.69 Å². The standard InChI is InChI=1S/C20H26N2O5S/c1-13(2)12-21-20(23)17-11-16(8-6-14(17)3)28(24,25)22-18-10-15(26-4)7-9-19(18)27-5/h6-11,13,22H,12H2,1-5H3,(H,21,23). The molecule has 152 valence electrons. The van der Waals surface area contributed by atoms with Gasteiger partial charge in [-0.3, -0.25) is 9.52 Å². The Kier molecular flexibility index (Phi) is 6.90. The van der Waals surface area contributed by atoms with Crippen LogP contribution in [0, 0.1) is 12.8 Å². The summed E-state index contributed by atoms with van der Waals surface area (Å²) < 4.78 is 38.6. The van der Waals surface area contributed by atoms with Gasteiger partial charge >= 0.3 is 0 Å². The zero-order valence-corrected chi connectivity index (χ0v) is 17.5. The molecule has 0 radical (unpaired) electrons. The number of hydrogen-bond donors (Lipinski definition) is 2. The summed E-state index contributed by atoms with van der Waals surface area (Å²) in [5.41, 5.74) is 1.26. The number of aryl methyl sites for hydroxylation is 1. The van der Waals surface area contributed by atoms with Crippen molar-refractivity contribution < 1.29 is 22.7 Å². The molecule has 0 saturated carbocycles. The Balaban J connectivity index is 2.36. The van der Waals surface area contributed by atoms with Crippen LogP contribution in [0.25, 0.3) is 0 Å². The van der Waals surface area contributed by atoms with E-state index in [2.05, 4.69) is 10.0 Å². The van der Waals surface area contributed by atoms with Gasteiger partial charge in [0.15, 0.2) is 0 Å². The van der Waals surface area contributed by atoms with E-state index < -0.39 is 10.0 Å². The Morgan fingerprint density at radius 1 is 1.07 bits per heavy atom. The van der Waals surface area contributed by atoms with Crippen molar-refractivity contribution >= 4 is 21.6 Å². The maximum absolute atomic E-state index is 12.9. The summed E-state index contributed by atoms with van der Waals surface area (Å²) in [6.45, 7) is 6.24. The lowest BCUT2D eigenvalue weighted by Gasteiger charge is -2.15. The fourth-order valence-electron chi connectivity index (χ4n) is 2.50. The van der Waals surface area contributed by atoms with Crippen LogP contribution in [0.3, 0.4) is 0 Å². The number of amides is 1. The summed E-state index contributed by atoms with van der Waals surface area (Å²) in [6.07, 6.45) is 0. The smallest absolute Gasteiger partial charge is 0.262 e. The number of nitrogens with one attached hydrogen (secondary N) is 2. The van der Waals surface area contributed by atoms with Gasteiger partial charge in [0.05, 0.1) is 24.8 Å². The molecule has 0 aromatic heterocycles. The Bertz CT molecular complexity index is 955. The molecule has 0 fully saturated rings. The van der Waals surface area contributed by atoms with E-state index in [4.69, 9.17) is 9.47 Å². The first-order chi connectivity index (χ1) is 13.2. The van der Waals surface area contributed by atoms with Crippen LogP contribution in [0.15, 0.2) is 41.3 Å². The maximum Gasteiger partial charge on any atom is 0.262 e. The molecule has 0 atom stereocenters. The molecule has 2 rings (SSSR count). The van der Waals surface area contributed by atoms with Gasteiger partial charge in [-0.25, -0.2) is 8.42 Å². The van der Waals surface area contributed by atoms with E-state index in [1.165, 1.54) is 32.4 Å². The van der Waals surface area contributed by atoms with Crippen molar-refractivity contribution in [1.82, 2.24) is 5.32 Å². The molecule has 0 aliphatic heterocycles. The monoisotopic (exact) mass is 406 g/mol. The highest BCUT2D eigenvalue weighted by molar-refractivity contribution is 7.92. The third kappa shape index (κ3) is 5.16. The number of benzene rings is 2. The van der Waals surface area contributed by atoms with E-state index in [0.717, 1.165) is 0 Å². The van der Waals surface area contributed by atoms with E-state index in [1.54, 1.807) is 25.1 Å². The summed E-state index contributed by atoms with van der Waals surface area (Å²) in [7, 11) is -1.01. The number of ether oxygens (including phenoxy) is 2. The molecule has 0 aliphatic carbocycles. The van der Waals surface area contributed by atoms with E-state index in [9.17, 15) is 13.2 Å². The van der Waals surface area contributed by atoms with E-state index >= 15 is 0 Å². The first-order valence-corrected chi connectivity index (χ1v) is 10.3. The van der Waals surface area contributed by atoms with Gasteiger partial charge in [-0.2, -0.15) is 0 Å². The topological polar surface area (TPSA) is 93.7 Å². The van der Waals surface area contributed by atoms with Crippen LogP contribution in [0.5, 0.6) is 11.5 Å². The fourth-order valence-corrected chi connectivity index (χ4v) is 3.59. The minimum absolute atomic E-state index is 0.0160. The molecule has 0 spiro atoms. The van der Waals surface area contributed by atoms with Crippen LogP contribution >= 0.6 is 0 Å². The van der Waals surface area contributed by atoms with Crippen LogP contribution in [0.1, 0.15) is 29.8 Å². The van der Waals surface area contributed by atoms with Gasteiger partial charge in [-0.15, -0.1) is 0 Å². The van der Waals surface area contributed by atoms with Crippen LogP contribution < -0.4 is 19.5 Å². The summed E-state index contributed by atoms with van der Waals surface area (Å²) in [5.74, 6) is 0.822. The third-order valence-electron chi connectivity index (χ3n) is 4.09. The Morgan fingerprint density at radius 2 is 1.79 bits per heavy atom. The zero-order valence-electron chi connectivity index (χ0n) is 16.7. The minimum atomic E-state index is -3.94. The number of methoxy groups -OCH3 is 2. The van der Waals surface area contributed by atoms with Gasteiger partial charge in [-0.05, 0) is 42.7 Å². The third-order valence-corrected chi connectivity index (χ3v) is 5.45. The van der Waals surface area contributed by atoms with Crippen LogP contribution in [0.2, 0.25) is 0 Å². The molecule has 2 aromatic carbocycles. The lowest BCUT2D eigenvalue weighted by molar-refractivity contribution is 0.0948. The minimum Gasteiger partial charge on any atom is -0.497 e. The second kappa shape index (κ2) is 8.97. The molecule has 0 aliphatic rings. The normalized spacial score (nSPS) is 11.2. The molecule has 8 heteroatoms. The van der Waals surface area contributed by atoms with Gasteiger partial charge in [0.1, 0.15) is 11.5 Å². The SMILES string of the molecule is COc1ccc(OC)c(NS(=O)(=O)c2ccc(C)c(C(=O)NCC(C)C)c2)c1. The zero-order chi connectivity index (χ0) is 20.9. The molecule has 2 aromatic rings. The molecule has 0 heterocycles. The second-order valence-corrected chi connectivity index (χ2v) is 8.43. The van der Waals surface area contributed by atoms with E-state index in [1.807, 2.05) is 13.8 Å². The van der Waals surface area contributed by atoms with Crippen LogP contribution in [-0.4, -0.2) is 35.1 Å². The number of carbonyl (C=O) groups is 1. The molecule has 0 saturated heterocycles. The highest BCUT2D eigenvalue weighted by atomic mass is 32.2. The first kappa shape index (κ1) is 21.6. The predicted molar refractivity (Wildman–Crippen MR) is 109 cm³/mol. The molecule has 28 heavy (non-hydrogen) atoms. The summed E-state index contributed by atoms with van der Waals surface area (Å²) in [4.78, 5) is 12.4. The van der Waals surface area contributed by atoms with Crippen molar-refractivity contribution in [2.45, 2.75) is 25.7 Å². The molecule has 0 unspecified atom stereocenters. The van der Waals surface area contributed by atoms with Crippen molar-refractivity contribution in [3.05, 3.63) is 47.5 Å². The average Bonchev–Trinajstić information content (AvgIpc) is 2.65. The van der Waals surface area contributed by atoms with Gasteiger partial charge < -0.3 is 14.8 Å². The Morgan fingerprint density at radius 3 is 2.39 bits per heavy atom. The average molecular weight is 407 g/mol. The number of hydrogen-bond acceptors (Lipinski definition) is 5. The van der Waals surface area contributed by atoms with E-state index in [0.29, 0.717) is 35.1 Å². The lowest BCUT2D eigenvalue weighted by Crippen LogP contribution is -2.28. The number of anilines is 1. The quantitative estimate of drug-likeness (QED) is 0.702. The van der Waals surface area contributed by atoms with Crippen molar-refractivity contribution in [3.63, 3.8) is 0 Å². The maximum atomic E-state index is 12.9. The fraction of sp³-hybridized carbons (Fsp3) is 0.350. The largest absolute Gasteiger partial charge is 0.497 e. The summed E-state index contributed by atoms with van der Waals surface area (Å²) in [5, 5.41) is 2.81. The predicted octanol–water partition coefficient (Wildman–Crippen LogP) is 3.20.